The molecule has 2 aromatic heterocycles. The van der Waals surface area contributed by atoms with Crippen molar-refractivity contribution >= 4 is 38.5 Å². The van der Waals surface area contributed by atoms with E-state index < -0.39 is 10.0 Å². The van der Waals surface area contributed by atoms with E-state index in [-0.39, 0.29) is 34.6 Å². The average Bonchev–Trinajstić information content (AvgIpc) is 3.44. The van der Waals surface area contributed by atoms with Crippen LogP contribution in [0.25, 0.3) is 15.9 Å². The lowest BCUT2D eigenvalue weighted by Gasteiger charge is -2.21. The number of carbonyl (C=O) groups excluding carboxylic acids is 1. The molecule has 178 valence electrons. The number of hydrogen-bond donors (Lipinski definition) is 2. The van der Waals surface area contributed by atoms with Crippen LogP contribution in [0.3, 0.4) is 0 Å². The average molecular weight is 481 g/mol. The molecule has 1 fully saturated rings. The van der Waals surface area contributed by atoms with Gasteiger partial charge < -0.3 is 15.5 Å². The van der Waals surface area contributed by atoms with Crippen LogP contribution in [0.4, 0.5) is 16.2 Å². The van der Waals surface area contributed by atoms with Gasteiger partial charge in [0.05, 0.1) is 17.2 Å². The first-order valence-corrected chi connectivity index (χ1v) is 12.7. The van der Waals surface area contributed by atoms with Crippen LogP contribution < -0.4 is 10.6 Å². The van der Waals surface area contributed by atoms with Crippen LogP contribution in [0.5, 0.6) is 0 Å². The van der Waals surface area contributed by atoms with Crippen molar-refractivity contribution in [3.8, 4) is 0 Å². The van der Waals surface area contributed by atoms with E-state index in [1.165, 1.54) is 24.5 Å². The van der Waals surface area contributed by atoms with Crippen molar-refractivity contribution in [3.63, 3.8) is 0 Å². The summed E-state index contributed by atoms with van der Waals surface area (Å²) in [5.74, 6) is 0.190. The molecule has 1 saturated heterocycles. The Morgan fingerprint density at radius 1 is 1.24 bits per heavy atom. The molecular weight excluding hydrogens is 452 g/mol. The second kappa shape index (κ2) is 9.35. The van der Waals surface area contributed by atoms with Gasteiger partial charge in [0.15, 0.2) is 5.65 Å². The molecule has 0 bridgehead atoms. The van der Waals surface area contributed by atoms with Gasteiger partial charge >= 0.3 is 6.03 Å². The molecule has 0 saturated carbocycles. The van der Waals surface area contributed by atoms with E-state index in [4.69, 9.17) is 6.57 Å². The predicted molar refractivity (Wildman–Crippen MR) is 131 cm³/mol. The molecule has 1 aromatic carbocycles. The van der Waals surface area contributed by atoms with Gasteiger partial charge in [-0.3, -0.25) is 0 Å². The lowest BCUT2D eigenvalue weighted by Crippen LogP contribution is -2.42. The normalized spacial score (nSPS) is 18.3. The summed E-state index contributed by atoms with van der Waals surface area (Å²) >= 11 is 0. The summed E-state index contributed by atoms with van der Waals surface area (Å²) < 4.78 is 27.6. The van der Waals surface area contributed by atoms with E-state index in [1.54, 1.807) is 29.2 Å². The molecule has 2 N–H and O–H groups in total. The Kier molecular flexibility index (Phi) is 6.48. The van der Waals surface area contributed by atoms with Crippen LogP contribution >= 0.6 is 0 Å². The van der Waals surface area contributed by atoms with Crippen molar-refractivity contribution in [1.29, 1.82) is 0 Å². The van der Waals surface area contributed by atoms with Crippen LogP contribution in [-0.4, -0.2) is 53.5 Å². The third-order valence-electron chi connectivity index (χ3n) is 6.08. The van der Waals surface area contributed by atoms with E-state index in [0.29, 0.717) is 29.9 Å². The molecule has 2 amide bonds. The van der Waals surface area contributed by atoms with Crippen LogP contribution in [0.2, 0.25) is 0 Å². The Labute approximate surface area is 199 Å². The van der Waals surface area contributed by atoms with Crippen molar-refractivity contribution < 1.29 is 13.2 Å². The highest BCUT2D eigenvalue weighted by molar-refractivity contribution is 7.90. The first-order chi connectivity index (χ1) is 16.3. The Hall–Kier alpha value is -3.58. The summed E-state index contributed by atoms with van der Waals surface area (Å²) in [6.07, 6.45) is 3.72. The van der Waals surface area contributed by atoms with E-state index in [2.05, 4.69) is 27.4 Å². The molecule has 10 heteroatoms. The number of nitrogens with zero attached hydrogens (tertiary/aromatic N) is 4. The fourth-order valence-electron chi connectivity index (χ4n) is 4.33. The van der Waals surface area contributed by atoms with Gasteiger partial charge in [-0.2, -0.15) is 0 Å². The molecule has 2 atom stereocenters. The zero-order valence-electron chi connectivity index (χ0n) is 19.4. The minimum Gasteiger partial charge on any atom is -0.388 e. The van der Waals surface area contributed by atoms with Crippen molar-refractivity contribution in [3.05, 3.63) is 60.2 Å². The van der Waals surface area contributed by atoms with Gasteiger partial charge in [-0.25, -0.2) is 27.0 Å². The number of carbonyl (C=O) groups is 1. The smallest absolute Gasteiger partial charge is 0.317 e. The molecule has 1 aliphatic rings. The highest BCUT2D eigenvalue weighted by Gasteiger charge is 2.35. The number of rotatable bonds is 6. The maximum absolute atomic E-state index is 13.2. The number of fused-ring (bicyclic) bond motifs is 1. The van der Waals surface area contributed by atoms with Gasteiger partial charge in [-0.15, -0.1) is 0 Å². The molecule has 34 heavy (non-hydrogen) atoms. The summed E-state index contributed by atoms with van der Waals surface area (Å²) in [6.45, 7) is 14.6. The molecule has 3 heterocycles. The maximum Gasteiger partial charge on any atom is 0.317 e. The standard InChI is InChI=1S/C24H28N6O3S/c1-5-17-14-29(24(31)27-16(2)3)15-21(17)28-22-19-11-12-30(23(19)26-13-20(22)25-4)34(32,33)18-9-7-6-8-10-18/h6-13,16-17,21H,5,14-15H2,1-3H3,(H,26,28)(H,27,31)/t17-,21+/m1/s1. The van der Waals surface area contributed by atoms with Crippen molar-refractivity contribution in [2.45, 2.75) is 44.2 Å². The van der Waals surface area contributed by atoms with Gasteiger partial charge in [0, 0.05) is 43.0 Å². The van der Waals surface area contributed by atoms with E-state index >= 15 is 0 Å². The number of aromatic nitrogens is 2. The Morgan fingerprint density at radius 2 is 1.97 bits per heavy atom. The Bertz CT molecular complexity index is 1340. The largest absolute Gasteiger partial charge is 0.388 e. The molecule has 0 unspecified atom stereocenters. The van der Waals surface area contributed by atoms with Crippen LogP contribution in [0.1, 0.15) is 27.2 Å². The van der Waals surface area contributed by atoms with Crippen molar-refractivity contribution in [2.24, 2.45) is 5.92 Å². The second-order valence-corrected chi connectivity index (χ2v) is 10.5. The predicted octanol–water partition coefficient (Wildman–Crippen LogP) is 4.06. The number of pyridine rings is 1. The second-order valence-electron chi connectivity index (χ2n) is 8.73. The zero-order valence-corrected chi connectivity index (χ0v) is 20.2. The Balaban J connectivity index is 1.71. The van der Waals surface area contributed by atoms with E-state index in [0.717, 1.165) is 10.4 Å². The molecule has 9 nitrogen and oxygen atoms in total. The van der Waals surface area contributed by atoms with Gasteiger partial charge in [0.25, 0.3) is 10.0 Å². The Morgan fingerprint density at radius 3 is 2.62 bits per heavy atom. The number of benzene rings is 1. The van der Waals surface area contributed by atoms with Gasteiger partial charge in [-0.1, -0.05) is 25.1 Å². The van der Waals surface area contributed by atoms with Crippen molar-refractivity contribution in [2.75, 3.05) is 18.4 Å². The fourth-order valence-corrected chi connectivity index (χ4v) is 5.65. The van der Waals surface area contributed by atoms with E-state index in [1.807, 2.05) is 13.8 Å². The highest BCUT2D eigenvalue weighted by Crippen LogP contribution is 2.36. The minimum atomic E-state index is -3.85. The molecule has 3 aromatic rings. The maximum atomic E-state index is 13.2. The molecule has 1 aliphatic heterocycles. The molecule has 0 radical (unpaired) electrons. The lowest BCUT2D eigenvalue weighted by atomic mass is 10.0. The fraction of sp³-hybridized carbons (Fsp3) is 0.375. The van der Waals surface area contributed by atoms with Gasteiger partial charge in [-0.05, 0) is 44.4 Å². The van der Waals surface area contributed by atoms with Crippen LogP contribution in [0, 0.1) is 12.5 Å². The number of nitrogens with one attached hydrogen (secondary N) is 2. The SMILES string of the molecule is [C-]#[N+]c1cnc2c(ccn2S(=O)(=O)c2ccccc2)c1N[C@H]1CN(C(=O)NC(C)C)C[C@H]1CC. The first kappa shape index (κ1) is 23.6. The number of urea groups is 1. The third kappa shape index (κ3) is 4.31. The molecular formula is C24H28N6O3S. The minimum absolute atomic E-state index is 0.0412. The highest BCUT2D eigenvalue weighted by atomic mass is 32.2. The quantitative estimate of drug-likeness (QED) is 0.518. The van der Waals surface area contributed by atoms with Gasteiger partial charge in [0.2, 0.25) is 5.69 Å². The number of likely N-dealkylation sites (tertiary alicyclic amines) is 1. The lowest BCUT2D eigenvalue weighted by molar-refractivity contribution is 0.204. The molecule has 0 spiro atoms. The monoisotopic (exact) mass is 480 g/mol. The van der Waals surface area contributed by atoms with E-state index in [9.17, 15) is 13.2 Å². The first-order valence-electron chi connectivity index (χ1n) is 11.3. The summed E-state index contributed by atoms with van der Waals surface area (Å²) in [7, 11) is -3.85. The van der Waals surface area contributed by atoms with Gasteiger partial charge in [0.1, 0.15) is 0 Å². The van der Waals surface area contributed by atoms with Crippen molar-refractivity contribution in [1.82, 2.24) is 19.2 Å². The third-order valence-corrected chi connectivity index (χ3v) is 7.76. The summed E-state index contributed by atoms with van der Waals surface area (Å²) in [6, 6.07) is 9.68. The summed E-state index contributed by atoms with van der Waals surface area (Å²) in [4.78, 5) is 22.4. The summed E-state index contributed by atoms with van der Waals surface area (Å²) in [5, 5.41) is 6.94. The van der Waals surface area contributed by atoms with Crippen LogP contribution in [0.15, 0.2) is 53.7 Å². The molecule has 4 rings (SSSR count). The zero-order chi connectivity index (χ0) is 24.5. The number of amides is 2. The van der Waals surface area contributed by atoms with Crippen LogP contribution in [-0.2, 0) is 10.0 Å². The number of hydrogen-bond acceptors (Lipinski definition) is 5. The topological polar surface area (TPSA) is 101 Å². The number of anilines is 1. The summed E-state index contributed by atoms with van der Waals surface area (Å²) in [5.41, 5.74) is 1.10. The molecule has 0 aliphatic carbocycles.